The highest BCUT2D eigenvalue weighted by Crippen LogP contribution is 2.25. The summed E-state index contributed by atoms with van der Waals surface area (Å²) in [5.74, 6) is 0.450. The minimum Gasteiger partial charge on any atom is -0.479 e. The largest absolute Gasteiger partial charge is 0.479 e. The van der Waals surface area contributed by atoms with Crippen LogP contribution in [0.2, 0.25) is 0 Å². The summed E-state index contributed by atoms with van der Waals surface area (Å²) in [6.45, 7) is 3.90. The van der Waals surface area contributed by atoms with Gasteiger partial charge in [-0.2, -0.15) is 0 Å². The molecule has 18 heavy (non-hydrogen) atoms. The first-order valence-corrected chi connectivity index (χ1v) is 6.66. The van der Waals surface area contributed by atoms with Crippen LogP contribution < -0.4 is 4.74 Å². The van der Waals surface area contributed by atoms with Crippen molar-refractivity contribution in [1.82, 2.24) is 0 Å². The number of esters is 1. The van der Waals surface area contributed by atoms with E-state index in [0.717, 1.165) is 18.6 Å². The summed E-state index contributed by atoms with van der Waals surface area (Å²) in [6.07, 6.45) is 4.23. The average molecular weight is 248 g/mol. The summed E-state index contributed by atoms with van der Waals surface area (Å²) in [5, 5.41) is 0. The molecule has 0 heterocycles. The van der Waals surface area contributed by atoms with Crippen molar-refractivity contribution in [3.63, 3.8) is 0 Å². The highest BCUT2D eigenvalue weighted by atomic mass is 16.6. The van der Waals surface area contributed by atoms with Gasteiger partial charge in [0.05, 0.1) is 6.61 Å². The Labute approximate surface area is 108 Å². The summed E-state index contributed by atoms with van der Waals surface area (Å²) in [4.78, 5) is 11.5. The normalized spacial score (nSPS) is 15.7. The minimum absolute atomic E-state index is 0.310. The lowest BCUT2D eigenvalue weighted by molar-refractivity contribution is -0.150. The molecule has 0 N–H and O–H groups in total. The number of ether oxygens (including phenoxy) is 2. The molecule has 1 aliphatic rings. The summed E-state index contributed by atoms with van der Waals surface area (Å²) < 4.78 is 10.5. The molecule has 0 spiro atoms. The Bertz CT molecular complexity index is 426. The van der Waals surface area contributed by atoms with Crippen LogP contribution in [0.5, 0.6) is 5.75 Å². The van der Waals surface area contributed by atoms with Gasteiger partial charge in [-0.05, 0) is 62.8 Å². The molecule has 0 amide bonds. The molecule has 0 aromatic heterocycles. The first kappa shape index (κ1) is 12.9. The van der Waals surface area contributed by atoms with E-state index in [4.69, 9.17) is 9.47 Å². The van der Waals surface area contributed by atoms with Crippen molar-refractivity contribution in [2.75, 3.05) is 6.61 Å². The highest BCUT2D eigenvalue weighted by molar-refractivity contribution is 5.74. The van der Waals surface area contributed by atoms with Gasteiger partial charge in [-0.25, -0.2) is 4.79 Å². The van der Waals surface area contributed by atoms with Crippen LogP contribution in [0.3, 0.4) is 0 Å². The van der Waals surface area contributed by atoms with Gasteiger partial charge in [0.25, 0.3) is 0 Å². The van der Waals surface area contributed by atoms with Gasteiger partial charge >= 0.3 is 5.97 Å². The second-order valence-electron chi connectivity index (χ2n) is 4.65. The molecule has 3 heteroatoms. The molecule has 0 aliphatic heterocycles. The van der Waals surface area contributed by atoms with Gasteiger partial charge in [-0.3, -0.25) is 0 Å². The number of aryl methyl sites for hydroxylation is 2. The third-order valence-electron chi connectivity index (χ3n) is 3.25. The van der Waals surface area contributed by atoms with Crippen molar-refractivity contribution in [2.45, 2.75) is 45.6 Å². The zero-order chi connectivity index (χ0) is 13.0. The first-order valence-electron chi connectivity index (χ1n) is 6.66. The van der Waals surface area contributed by atoms with E-state index in [1.807, 2.05) is 6.07 Å². The van der Waals surface area contributed by atoms with Gasteiger partial charge in [-0.15, -0.1) is 0 Å². The maximum absolute atomic E-state index is 11.5. The van der Waals surface area contributed by atoms with Crippen molar-refractivity contribution >= 4 is 5.97 Å². The molecule has 0 bridgehead atoms. The number of carbonyl (C=O) groups excluding carboxylic acids is 1. The van der Waals surface area contributed by atoms with E-state index in [1.165, 1.54) is 24.0 Å². The third kappa shape index (κ3) is 3.03. The van der Waals surface area contributed by atoms with E-state index in [0.29, 0.717) is 6.61 Å². The third-order valence-corrected chi connectivity index (χ3v) is 3.25. The van der Waals surface area contributed by atoms with Crippen molar-refractivity contribution in [2.24, 2.45) is 0 Å². The van der Waals surface area contributed by atoms with Crippen molar-refractivity contribution in [3.8, 4) is 5.75 Å². The number of benzene rings is 1. The summed E-state index contributed by atoms with van der Waals surface area (Å²) >= 11 is 0. The fraction of sp³-hybridized carbons (Fsp3) is 0.533. The molecule has 0 radical (unpaired) electrons. The van der Waals surface area contributed by atoms with Crippen LogP contribution in [0.1, 0.15) is 37.8 Å². The van der Waals surface area contributed by atoms with Gasteiger partial charge in [-0.1, -0.05) is 6.07 Å². The number of carbonyl (C=O) groups is 1. The fourth-order valence-electron chi connectivity index (χ4n) is 2.29. The fourth-order valence-corrected chi connectivity index (χ4v) is 2.29. The van der Waals surface area contributed by atoms with Crippen LogP contribution in [-0.2, 0) is 22.4 Å². The molecule has 1 aromatic carbocycles. The standard InChI is InChI=1S/C15H20O3/c1-3-17-15(16)11(2)18-14-9-8-12-6-4-5-7-13(12)10-14/h8-11H,3-7H2,1-2H3. The monoisotopic (exact) mass is 248 g/mol. The topological polar surface area (TPSA) is 35.5 Å². The molecular formula is C15H20O3. The number of rotatable bonds is 4. The van der Waals surface area contributed by atoms with E-state index in [1.54, 1.807) is 13.8 Å². The number of fused-ring (bicyclic) bond motifs is 1. The Kier molecular flexibility index (Phi) is 4.24. The van der Waals surface area contributed by atoms with Gasteiger partial charge in [0.2, 0.25) is 0 Å². The maximum atomic E-state index is 11.5. The Morgan fingerprint density at radius 2 is 2.00 bits per heavy atom. The molecule has 1 unspecified atom stereocenters. The van der Waals surface area contributed by atoms with Gasteiger partial charge in [0.15, 0.2) is 6.10 Å². The second kappa shape index (κ2) is 5.89. The van der Waals surface area contributed by atoms with Crippen LogP contribution >= 0.6 is 0 Å². The first-order chi connectivity index (χ1) is 8.70. The lowest BCUT2D eigenvalue weighted by atomic mass is 9.92. The van der Waals surface area contributed by atoms with E-state index in [9.17, 15) is 4.79 Å². The lowest BCUT2D eigenvalue weighted by Crippen LogP contribution is -2.26. The van der Waals surface area contributed by atoms with Crippen LogP contribution in [0.25, 0.3) is 0 Å². The Balaban J connectivity index is 2.03. The summed E-state index contributed by atoms with van der Waals surface area (Å²) in [7, 11) is 0. The van der Waals surface area contributed by atoms with Crippen LogP contribution in [0, 0.1) is 0 Å². The van der Waals surface area contributed by atoms with Crippen LogP contribution in [0.4, 0.5) is 0 Å². The molecule has 1 aliphatic carbocycles. The molecule has 1 aromatic rings. The van der Waals surface area contributed by atoms with Crippen molar-refractivity contribution in [1.29, 1.82) is 0 Å². The van der Waals surface area contributed by atoms with E-state index in [-0.39, 0.29) is 5.97 Å². The quantitative estimate of drug-likeness (QED) is 0.769. The Morgan fingerprint density at radius 1 is 1.28 bits per heavy atom. The molecule has 0 fully saturated rings. The molecule has 1 atom stereocenters. The van der Waals surface area contributed by atoms with Gasteiger partial charge < -0.3 is 9.47 Å². The van der Waals surface area contributed by atoms with Gasteiger partial charge in [0, 0.05) is 0 Å². The zero-order valence-electron chi connectivity index (χ0n) is 11.1. The average Bonchev–Trinajstić information content (AvgIpc) is 2.39. The molecule has 2 rings (SSSR count). The smallest absolute Gasteiger partial charge is 0.347 e. The number of hydrogen-bond acceptors (Lipinski definition) is 3. The predicted molar refractivity (Wildman–Crippen MR) is 69.8 cm³/mol. The second-order valence-corrected chi connectivity index (χ2v) is 4.65. The SMILES string of the molecule is CCOC(=O)C(C)Oc1ccc2c(c1)CCCC2. The number of hydrogen-bond donors (Lipinski definition) is 0. The Hall–Kier alpha value is -1.51. The molecule has 0 saturated carbocycles. The van der Waals surface area contributed by atoms with Crippen LogP contribution in [0.15, 0.2) is 18.2 Å². The van der Waals surface area contributed by atoms with E-state index in [2.05, 4.69) is 12.1 Å². The molecular weight excluding hydrogens is 228 g/mol. The van der Waals surface area contributed by atoms with Crippen molar-refractivity contribution < 1.29 is 14.3 Å². The predicted octanol–water partition coefficient (Wildman–Crippen LogP) is 2.90. The lowest BCUT2D eigenvalue weighted by Gasteiger charge is -2.18. The highest BCUT2D eigenvalue weighted by Gasteiger charge is 2.17. The molecule has 3 nitrogen and oxygen atoms in total. The summed E-state index contributed by atoms with van der Waals surface area (Å²) in [6, 6.07) is 6.12. The van der Waals surface area contributed by atoms with Crippen molar-refractivity contribution in [3.05, 3.63) is 29.3 Å². The van der Waals surface area contributed by atoms with E-state index < -0.39 is 6.10 Å². The van der Waals surface area contributed by atoms with E-state index >= 15 is 0 Å². The van der Waals surface area contributed by atoms with Crippen LogP contribution in [-0.4, -0.2) is 18.7 Å². The Morgan fingerprint density at radius 3 is 2.72 bits per heavy atom. The maximum Gasteiger partial charge on any atom is 0.347 e. The molecule has 98 valence electrons. The molecule has 0 saturated heterocycles. The zero-order valence-corrected chi connectivity index (χ0v) is 11.1. The minimum atomic E-state index is -0.549. The summed E-state index contributed by atoms with van der Waals surface area (Å²) in [5.41, 5.74) is 2.77. The van der Waals surface area contributed by atoms with Gasteiger partial charge in [0.1, 0.15) is 5.75 Å².